The first-order valence-corrected chi connectivity index (χ1v) is 4.76. The molecule has 0 heterocycles. The van der Waals surface area contributed by atoms with Crippen LogP contribution in [0, 0.1) is 13.8 Å². The Bertz CT molecular complexity index is 30.7. The van der Waals surface area contributed by atoms with E-state index in [-0.39, 0.29) is 0 Å². The number of hydrogen-bond acceptors (Lipinski definition) is 2. The molecule has 0 aromatic rings. The second-order valence-corrected chi connectivity index (χ2v) is 0.682. The Morgan fingerprint density at radius 2 is 1.00 bits per heavy atom. The molecule has 0 aliphatic rings. The zero-order chi connectivity index (χ0) is 6.71. The minimum absolute atomic E-state index is 1.75. The van der Waals surface area contributed by atoms with Crippen molar-refractivity contribution in [2.75, 3.05) is 0 Å². The van der Waals surface area contributed by atoms with Crippen molar-refractivity contribution in [3.63, 3.8) is 0 Å². The van der Waals surface area contributed by atoms with Crippen LogP contribution in [0.5, 0.6) is 0 Å². The molecule has 0 aliphatic heterocycles. The van der Waals surface area contributed by atoms with Crippen LogP contribution >= 0.6 is 0 Å². The molecule has 0 spiro atoms. The van der Waals surface area contributed by atoms with Gasteiger partial charge in [0, 0.05) is 0 Å². The molecule has 0 saturated heterocycles. The fraction of sp³-hybridized carbons (Fsp3) is 0.500. The van der Waals surface area contributed by atoms with Gasteiger partial charge in [-0.15, -0.1) is 0 Å². The third-order valence-electron chi connectivity index (χ3n) is 0. The maximum atomic E-state index is 8.57. The Labute approximate surface area is 56.5 Å². The monoisotopic (exact) mass is 270 g/mol. The van der Waals surface area contributed by atoms with Gasteiger partial charge in [0.15, 0.2) is 0 Å². The van der Waals surface area contributed by atoms with Crippen LogP contribution in [-0.2, 0) is 28.6 Å². The van der Waals surface area contributed by atoms with Crippen LogP contribution in [0.25, 0.3) is 0 Å². The van der Waals surface area contributed by atoms with E-state index in [4.69, 9.17) is 5.71 Å². The van der Waals surface area contributed by atoms with Gasteiger partial charge in [-0.3, -0.25) is 0 Å². The molecule has 0 aliphatic carbocycles. The van der Waals surface area contributed by atoms with Crippen molar-refractivity contribution in [1.29, 1.82) is 0 Å². The third-order valence-corrected chi connectivity index (χ3v) is 0. The molecule has 3 heteroatoms. The third kappa shape index (κ3) is 585. The summed E-state index contributed by atoms with van der Waals surface area (Å²) in [6.07, 6.45) is 0. The molecule has 0 unspecified atom stereocenters. The van der Waals surface area contributed by atoms with Gasteiger partial charge >= 0.3 is 28.6 Å². The van der Waals surface area contributed by atoms with Crippen LogP contribution in [-0.4, -0.2) is 0 Å². The van der Waals surface area contributed by atoms with Crippen molar-refractivity contribution in [2.24, 2.45) is 0 Å². The quantitative estimate of drug-likeness (QED) is 0.492. The Morgan fingerprint density at radius 1 is 1.00 bits per heavy atom. The van der Waals surface area contributed by atoms with E-state index in [9.17, 15) is 0 Å². The Kier molecular flexibility index (Phi) is 200. The van der Waals surface area contributed by atoms with Gasteiger partial charge in [0.25, 0.3) is 0 Å². The van der Waals surface area contributed by atoms with E-state index in [2.05, 4.69) is 13.8 Å². The fourth-order valence-corrected chi connectivity index (χ4v) is 0. The van der Waals surface area contributed by atoms with E-state index in [1.807, 2.05) is 0 Å². The van der Waals surface area contributed by atoms with E-state index in [0.29, 0.717) is 0 Å². The molecule has 7 heavy (non-hydrogen) atoms. The summed E-state index contributed by atoms with van der Waals surface area (Å²) in [7, 11) is 0. The van der Waals surface area contributed by atoms with Crippen LogP contribution in [0.15, 0.2) is 0 Å². The molecule has 0 bridgehead atoms. The summed E-state index contributed by atoms with van der Waals surface area (Å²) in [5, 5.41) is 0. The standard InChI is InChI=1S/2C2H5.Hf.2O/c2*1-2;;;/h2*1H2,2H3;;;/q2*-1;;;. The maximum absolute atomic E-state index is 8.57. The Balaban J connectivity index is -0.0000000360. The average Bonchev–Trinajstić information content (AvgIpc) is 1.78. The molecule has 0 amide bonds. The van der Waals surface area contributed by atoms with Crippen LogP contribution in [0.2, 0.25) is 0 Å². The van der Waals surface area contributed by atoms with Crippen molar-refractivity contribution in [1.82, 2.24) is 0 Å². The topological polar surface area (TPSA) is 34.1 Å². The zero-order valence-electron chi connectivity index (χ0n) is 4.73. The number of rotatable bonds is 0. The van der Waals surface area contributed by atoms with Crippen molar-refractivity contribution in [3.05, 3.63) is 13.8 Å². The molecule has 0 atom stereocenters. The molecule has 0 N–H and O–H groups in total. The molecule has 2 nitrogen and oxygen atoms in total. The summed E-state index contributed by atoms with van der Waals surface area (Å²) in [6, 6.07) is 0. The summed E-state index contributed by atoms with van der Waals surface area (Å²) in [5.41, 5.74) is 0. The average molecular weight is 269 g/mol. The van der Waals surface area contributed by atoms with E-state index < -0.39 is 22.9 Å². The Morgan fingerprint density at radius 3 is 1.00 bits per heavy atom. The first-order chi connectivity index (χ1) is 3.41. The van der Waals surface area contributed by atoms with Gasteiger partial charge in [0.2, 0.25) is 0 Å². The summed E-state index contributed by atoms with van der Waals surface area (Å²) in [4.78, 5) is 0. The zero-order valence-corrected chi connectivity index (χ0v) is 8.32. The molecule has 0 rings (SSSR count). The Hall–Kier alpha value is 0.470. The normalized spacial score (nSPS) is 2.86. The molecule has 0 aromatic heterocycles. The van der Waals surface area contributed by atoms with Crippen molar-refractivity contribution < 1.29 is 28.6 Å². The first-order valence-electron chi connectivity index (χ1n) is 1.82. The van der Waals surface area contributed by atoms with Gasteiger partial charge < -0.3 is 13.8 Å². The second-order valence-electron chi connectivity index (χ2n) is 0.0833. The van der Waals surface area contributed by atoms with Crippen molar-refractivity contribution >= 4 is 0 Å². The summed E-state index contributed by atoms with van der Waals surface area (Å²) in [5.74, 6) is 0. The summed E-state index contributed by atoms with van der Waals surface area (Å²) in [6.45, 7) is 10.0. The fourth-order valence-electron chi connectivity index (χ4n) is 0. The van der Waals surface area contributed by atoms with Gasteiger partial charge in [-0.25, -0.2) is 0 Å². The predicted octanol–water partition coefficient (Wildman–Crippen LogP) is 1.44. The van der Waals surface area contributed by atoms with Crippen LogP contribution in [0.3, 0.4) is 0 Å². The van der Waals surface area contributed by atoms with Gasteiger partial charge in [0.05, 0.1) is 0 Å². The van der Waals surface area contributed by atoms with Gasteiger partial charge in [-0.1, -0.05) is 0 Å². The summed E-state index contributed by atoms with van der Waals surface area (Å²) < 4.78 is 17.1. The van der Waals surface area contributed by atoms with Crippen LogP contribution in [0.1, 0.15) is 13.8 Å². The van der Waals surface area contributed by atoms with E-state index in [1.165, 1.54) is 0 Å². The molecule has 44 valence electrons. The molecule has 0 fully saturated rings. The molecule has 0 radical (unpaired) electrons. The van der Waals surface area contributed by atoms with E-state index in [1.54, 1.807) is 13.8 Å². The van der Waals surface area contributed by atoms with Crippen LogP contribution < -0.4 is 0 Å². The second kappa shape index (κ2) is 89.6. The summed E-state index contributed by atoms with van der Waals surface area (Å²) >= 11 is -2.42. The molecule has 0 saturated carbocycles. The van der Waals surface area contributed by atoms with E-state index >= 15 is 0 Å². The SMILES string of the molecule is [CH2-]C.[CH2-]C.[O]=[Hf]=[O]. The molecular weight excluding hydrogens is 259 g/mol. The van der Waals surface area contributed by atoms with Crippen molar-refractivity contribution in [3.8, 4) is 0 Å². The van der Waals surface area contributed by atoms with E-state index in [0.717, 1.165) is 0 Å². The van der Waals surface area contributed by atoms with Crippen LogP contribution in [0.4, 0.5) is 0 Å². The van der Waals surface area contributed by atoms with Crippen molar-refractivity contribution in [2.45, 2.75) is 13.8 Å². The van der Waals surface area contributed by atoms with Gasteiger partial charge in [0.1, 0.15) is 0 Å². The molecular formula is C4H10HfO2-2. The van der Waals surface area contributed by atoms with Gasteiger partial charge in [-0.2, -0.15) is 13.8 Å². The van der Waals surface area contributed by atoms with Gasteiger partial charge in [-0.05, 0) is 0 Å². The molecule has 0 aromatic carbocycles. The number of hydrogen-bond donors (Lipinski definition) is 0. The first kappa shape index (κ1) is 15.6. The predicted molar refractivity (Wildman–Crippen MR) is 23.4 cm³/mol. The minimum atomic E-state index is -2.42.